The lowest BCUT2D eigenvalue weighted by atomic mass is 10.1. The van der Waals surface area contributed by atoms with Gasteiger partial charge in [-0.25, -0.2) is 4.79 Å². The second-order valence-electron chi connectivity index (χ2n) is 4.50. The van der Waals surface area contributed by atoms with Crippen molar-refractivity contribution in [2.24, 2.45) is 0 Å². The quantitative estimate of drug-likeness (QED) is 0.521. The summed E-state index contributed by atoms with van der Waals surface area (Å²) in [6, 6.07) is 4.48. The molecular weight excluding hydrogens is 386 g/mol. The Labute approximate surface area is 150 Å². The topological polar surface area (TPSA) is 55.8 Å². The molecule has 3 rings (SSSR count). The Balaban J connectivity index is 2.16. The van der Waals surface area contributed by atoms with Crippen LogP contribution in [-0.2, 0) is 4.79 Å². The maximum absolute atomic E-state index is 10.8. The number of hydrogen-bond donors (Lipinski definition) is 1. The van der Waals surface area contributed by atoms with E-state index in [1.807, 2.05) is 0 Å². The van der Waals surface area contributed by atoms with Crippen LogP contribution >= 0.6 is 46.4 Å². The van der Waals surface area contributed by atoms with Crippen LogP contribution in [0.3, 0.4) is 0 Å². The average molecular weight is 392 g/mol. The third kappa shape index (κ3) is 3.08. The maximum Gasteiger partial charge on any atom is 0.328 e. The summed E-state index contributed by atoms with van der Waals surface area (Å²) in [5.41, 5.74) is 0.285. The van der Waals surface area contributed by atoms with Gasteiger partial charge in [0.25, 0.3) is 0 Å². The normalized spacial score (nSPS) is 12.3. The van der Waals surface area contributed by atoms with E-state index >= 15 is 0 Å². The number of carbonyl (C=O) groups is 1. The summed E-state index contributed by atoms with van der Waals surface area (Å²) in [5, 5.41) is 9.74. The lowest BCUT2D eigenvalue weighted by Crippen LogP contribution is -2.02. The highest BCUT2D eigenvalue weighted by Gasteiger charge is 2.25. The third-order valence-corrected chi connectivity index (χ3v) is 4.51. The Morgan fingerprint density at radius 1 is 0.913 bits per heavy atom. The summed E-state index contributed by atoms with van der Waals surface area (Å²) in [4.78, 5) is 10.8. The van der Waals surface area contributed by atoms with Gasteiger partial charge in [0.05, 0.1) is 20.1 Å². The molecular formula is C15H6Cl4O4. The first-order valence-corrected chi connectivity index (χ1v) is 7.65. The number of benzene rings is 2. The van der Waals surface area contributed by atoms with Crippen LogP contribution < -0.4 is 9.47 Å². The van der Waals surface area contributed by atoms with E-state index in [0.29, 0.717) is 21.5 Å². The van der Waals surface area contributed by atoms with Crippen LogP contribution in [0.25, 0.3) is 6.08 Å². The zero-order chi connectivity index (χ0) is 16.7. The van der Waals surface area contributed by atoms with Crippen LogP contribution in [0.5, 0.6) is 23.0 Å². The SMILES string of the molecule is O=C(O)C=Cc1c(Cl)c(Cl)cc2c1Oc1cc(Cl)c(Cl)cc1O2. The van der Waals surface area contributed by atoms with Crippen LogP contribution in [0.2, 0.25) is 20.1 Å². The number of carboxylic acids is 1. The highest BCUT2D eigenvalue weighted by atomic mass is 35.5. The number of carboxylic acid groups (broad SMARTS) is 1. The smallest absolute Gasteiger partial charge is 0.328 e. The van der Waals surface area contributed by atoms with Crippen molar-refractivity contribution in [2.75, 3.05) is 0 Å². The summed E-state index contributed by atoms with van der Waals surface area (Å²) >= 11 is 24.1. The van der Waals surface area contributed by atoms with Gasteiger partial charge in [-0.15, -0.1) is 0 Å². The molecule has 1 aliphatic heterocycles. The van der Waals surface area contributed by atoms with Gasteiger partial charge >= 0.3 is 5.97 Å². The first-order valence-electron chi connectivity index (χ1n) is 6.14. The molecule has 0 bridgehead atoms. The summed E-state index contributed by atoms with van der Waals surface area (Å²) < 4.78 is 11.5. The van der Waals surface area contributed by atoms with E-state index in [0.717, 1.165) is 6.08 Å². The van der Waals surface area contributed by atoms with Gasteiger partial charge in [-0.1, -0.05) is 46.4 Å². The van der Waals surface area contributed by atoms with Gasteiger partial charge < -0.3 is 14.6 Å². The monoisotopic (exact) mass is 390 g/mol. The number of hydrogen-bond acceptors (Lipinski definition) is 3. The molecule has 118 valence electrons. The second-order valence-corrected chi connectivity index (χ2v) is 6.10. The highest BCUT2D eigenvalue weighted by molar-refractivity contribution is 6.43. The molecule has 4 nitrogen and oxygen atoms in total. The largest absolute Gasteiger partial charge is 0.478 e. The molecule has 0 atom stereocenters. The van der Waals surface area contributed by atoms with Crippen LogP contribution in [0.1, 0.15) is 5.56 Å². The molecule has 1 heterocycles. The number of aliphatic carboxylic acids is 1. The van der Waals surface area contributed by atoms with Crippen molar-refractivity contribution in [3.8, 4) is 23.0 Å². The first-order chi connectivity index (χ1) is 10.9. The summed E-state index contributed by atoms with van der Waals surface area (Å²) in [7, 11) is 0. The molecule has 0 aliphatic carbocycles. The first kappa shape index (κ1) is 16.3. The molecule has 0 saturated heterocycles. The van der Waals surface area contributed by atoms with Gasteiger partial charge in [-0.2, -0.15) is 0 Å². The fourth-order valence-corrected chi connectivity index (χ4v) is 2.70. The second kappa shape index (κ2) is 6.13. The summed E-state index contributed by atoms with van der Waals surface area (Å²) in [5.74, 6) is 0.0774. The van der Waals surface area contributed by atoms with Gasteiger partial charge in [-0.3, -0.25) is 0 Å². The van der Waals surface area contributed by atoms with Crippen LogP contribution in [-0.4, -0.2) is 11.1 Å². The summed E-state index contributed by atoms with van der Waals surface area (Å²) in [6.07, 6.45) is 2.20. The number of ether oxygens (including phenoxy) is 2. The van der Waals surface area contributed by atoms with Crippen molar-refractivity contribution in [1.82, 2.24) is 0 Å². The molecule has 1 N–H and O–H groups in total. The fourth-order valence-electron chi connectivity index (χ4n) is 1.99. The molecule has 0 unspecified atom stereocenters. The minimum atomic E-state index is -1.14. The van der Waals surface area contributed by atoms with E-state index in [2.05, 4.69) is 0 Å². The van der Waals surface area contributed by atoms with E-state index < -0.39 is 5.97 Å². The van der Waals surface area contributed by atoms with Gasteiger partial charge in [-0.05, 0) is 6.08 Å². The van der Waals surface area contributed by atoms with Crippen LogP contribution in [0.4, 0.5) is 0 Å². The Morgan fingerprint density at radius 3 is 2.09 bits per heavy atom. The van der Waals surface area contributed by atoms with Gasteiger partial charge in [0, 0.05) is 29.8 Å². The Hall–Kier alpha value is -1.59. The van der Waals surface area contributed by atoms with Gasteiger partial charge in [0.2, 0.25) is 0 Å². The molecule has 0 fully saturated rings. The Bertz CT molecular complexity index is 861. The van der Waals surface area contributed by atoms with Crippen molar-refractivity contribution in [3.05, 3.63) is 49.9 Å². The number of rotatable bonds is 2. The Kier molecular flexibility index (Phi) is 4.34. The molecule has 1 aliphatic rings. The molecule has 0 radical (unpaired) electrons. The maximum atomic E-state index is 10.8. The van der Waals surface area contributed by atoms with Gasteiger partial charge in [0.15, 0.2) is 23.0 Å². The van der Waals surface area contributed by atoms with Crippen LogP contribution in [0, 0.1) is 0 Å². The molecule has 23 heavy (non-hydrogen) atoms. The van der Waals surface area contributed by atoms with Crippen LogP contribution in [0.15, 0.2) is 24.3 Å². The predicted molar refractivity (Wildman–Crippen MR) is 89.7 cm³/mol. The minimum Gasteiger partial charge on any atom is -0.478 e. The molecule has 0 aromatic heterocycles. The molecule has 2 aromatic rings. The number of halogens is 4. The fraction of sp³-hybridized carbons (Fsp3) is 0. The van der Waals surface area contributed by atoms with Crippen molar-refractivity contribution in [1.29, 1.82) is 0 Å². The third-order valence-electron chi connectivity index (χ3n) is 2.98. The molecule has 0 saturated carbocycles. The van der Waals surface area contributed by atoms with E-state index in [-0.39, 0.29) is 27.1 Å². The zero-order valence-electron chi connectivity index (χ0n) is 11.1. The van der Waals surface area contributed by atoms with E-state index in [9.17, 15) is 4.79 Å². The highest BCUT2D eigenvalue weighted by Crippen LogP contribution is 2.52. The lowest BCUT2D eigenvalue weighted by Gasteiger charge is -2.23. The molecule has 0 amide bonds. The predicted octanol–water partition coefficient (Wildman–Crippen LogP) is 6.30. The minimum absolute atomic E-state index is 0.148. The Morgan fingerprint density at radius 2 is 1.48 bits per heavy atom. The van der Waals surface area contributed by atoms with Crippen molar-refractivity contribution < 1.29 is 19.4 Å². The van der Waals surface area contributed by atoms with Crippen molar-refractivity contribution in [2.45, 2.75) is 0 Å². The van der Waals surface area contributed by atoms with Crippen molar-refractivity contribution in [3.63, 3.8) is 0 Å². The number of fused-ring (bicyclic) bond motifs is 2. The van der Waals surface area contributed by atoms with Crippen molar-refractivity contribution >= 4 is 58.4 Å². The van der Waals surface area contributed by atoms with E-state index in [1.165, 1.54) is 24.3 Å². The van der Waals surface area contributed by atoms with E-state index in [4.69, 9.17) is 61.0 Å². The van der Waals surface area contributed by atoms with E-state index in [1.54, 1.807) is 0 Å². The molecule has 8 heteroatoms. The average Bonchev–Trinajstić information content (AvgIpc) is 2.48. The lowest BCUT2D eigenvalue weighted by molar-refractivity contribution is -0.131. The summed E-state index contributed by atoms with van der Waals surface area (Å²) in [6.45, 7) is 0. The van der Waals surface area contributed by atoms with Gasteiger partial charge in [0.1, 0.15) is 0 Å². The molecule has 0 spiro atoms. The zero-order valence-corrected chi connectivity index (χ0v) is 14.1. The standard InChI is InChI=1S/C15H6Cl4O4/c16-7-3-10-11(4-8(7)17)23-15-6(1-2-13(20)21)14(19)9(18)5-12(15)22-10/h1-5H,(H,20,21). The molecule has 2 aromatic carbocycles.